The molecule has 84 valence electrons. The van der Waals surface area contributed by atoms with Gasteiger partial charge in [0.1, 0.15) is 5.58 Å². The molecular weight excluding hydrogens is 204 g/mol. The Bertz CT molecular complexity index is 549. The number of fused-ring (bicyclic) bond motifs is 1. The van der Waals surface area contributed by atoms with Gasteiger partial charge in [0.15, 0.2) is 0 Å². The number of carbonyl (C=O) groups is 1. The maximum atomic E-state index is 11.2. The van der Waals surface area contributed by atoms with Gasteiger partial charge in [0.25, 0.3) is 0 Å². The summed E-state index contributed by atoms with van der Waals surface area (Å²) in [4.78, 5) is 11.2. The van der Waals surface area contributed by atoms with Gasteiger partial charge < -0.3 is 9.52 Å². The smallest absolute Gasteiger partial charge is 0.313 e. The van der Waals surface area contributed by atoms with Crippen LogP contribution in [0.1, 0.15) is 25.0 Å². The third-order valence-electron chi connectivity index (χ3n) is 2.94. The van der Waals surface area contributed by atoms with Crippen molar-refractivity contribution >= 4 is 16.9 Å². The second kappa shape index (κ2) is 3.37. The van der Waals surface area contributed by atoms with Crippen molar-refractivity contribution in [2.75, 3.05) is 0 Å². The molecule has 0 amide bonds. The van der Waals surface area contributed by atoms with E-state index in [9.17, 15) is 9.90 Å². The van der Waals surface area contributed by atoms with Gasteiger partial charge in [0.05, 0.1) is 11.7 Å². The Hall–Kier alpha value is -1.77. The van der Waals surface area contributed by atoms with Crippen LogP contribution in [-0.4, -0.2) is 11.1 Å². The predicted molar refractivity (Wildman–Crippen MR) is 61.6 cm³/mol. The number of hydrogen-bond donors (Lipinski definition) is 1. The van der Waals surface area contributed by atoms with Gasteiger partial charge in [0, 0.05) is 10.9 Å². The van der Waals surface area contributed by atoms with Crippen molar-refractivity contribution in [2.24, 2.45) is 0 Å². The van der Waals surface area contributed by atoms with E-state index in [0.29, 0.717) is 0 Å². The van der Waals surface area contributed by atoms with Crippen molar-refractivity contribution in [3.63, 3.8) is 0 Å². The van der Waals surface area contributed by atoms with E-state index in [2.05, 4.69) is 0 Å². The molecule has 1 heterocycles. The molecule has 0 aliphatic heterocycles. The van der Waals surface area contributed by atoms with Crippen LogP contribution in [0, 0.1) is 6.92 Å². The second-order valence-corrected chi connectivity index (χ2v) is 4.58. The van der Waals surface area contributed by atoms with Crippen molar-refractivity contribution in [3.05, 3.63) is 35.6 Å². The molecule has 0 radical (unpaired) electrons. The number of rotatable bonds is 2. The minimum Gasteiger partial charge on any atom is -0.481 e. The highest BCUT2D eigenvalue weighted by Crippen LogP contribution is 2.32. The van der Waals surface area contributed by atoms with Gasteiger partial charge in [-0.3, -0.25) is 4.79 Å². The molecule has 1 N–H and O–H groups in total. The van der Waals surface area contributed by atoms with Crippen molar-refractivity contribution in [2.45, 2.75) is 26.2 Å². The van der Waals surface area contributed by atoms with Crippen LogP contribution in [0.3, 0.4) is 0 Å². The molecule has 0 aliphatic rings. The SMILES string of the molecule is Cc1ccc2c(C(C)(C)C(=O)O)coc2c1. The summed E-state index contributed by atoms with van der Waals surface area (Å²) in [7, 11) is 0. The van der Waals surface area contributed by atoms with E-state index in [1.807, 2.05) is 25.1 Å². The van der Waals surface area contributed by atoms with Crippen molar-refractivity contribution < 1.29 is 14.3 Å². The Morgan fingerprint density at radius 2 is 2.06 bits per heavy atom. The van der Waals surface area contributed by atoms with Gasteiger partial charge >= 0.3 is 5.97 Å². The molecule has 1 aromatic carbocycles. The highest BCUT2D eigenvalue weighted by molar-refractivity contribution is 5.90. The lowest BCUT2D eigenvalue weighted by Crippen LogP contribution is -2.28. The first kappa shape index (κ1) is 10.7. The van der Waals surface area contributed by atoms with Gasteiger partial charge in [-0.2, -0.15) is 0 Å². The largest absolute Gasteiger partial charge is 0.481 e. The second-order valence-electron chi connectivity index (χ2n) is 4.58. The van der Waals surface area contributed by atoms with E-state index >= 15 is 0 Å². The molecule has 0 fully saturated rings. The summed E-state index contributed by atoms with van der Waals surface area (Å²) in [5.41, 5.74) is 1.63. The zero-order valence-corrected chi connectivity index (χ0v) is 9.57. The molecule has 0 unspecified atom stereocenters. The number of furan rings is 1. The summed E-state index contributed by atoms with van der Waals surface area (Å²) in [6.45, 7) is 5.34. The molecule has 3 heteroatoms. The molecule has 2 aromatic rings. The molecule has 16 heavy (non-hydrogen) atoms. The number of hydrogen-bond acceptors (Lipinski definition) is 2. The molecule has 2 rings (SSSR count). The fraction of sp³-hybridized carbons (Fsp3) is 0.308. The van der Waals surface area contributed by atoms with Gasteiger partial charge in [-0.1, -0.05) is 12.1 Å². The zero-order valence-electron chi connectivity index (χ0n) is 9.57. The minimum absolute atomic E-state index is 0.718. The van der Waals surface area contributed by atoms with Crippen LogP contribution >= 0.6 is 0 Å². The zero-order chi connectivity index (χ0) is 11.9. The molecule has 0 spiro atoms. The molecular formula is C13H14O3. The first-order chi connectivity index (χ1) is 7.43. The van der Waals surface area contributed by atoms with Crippen LogP contribution in [0.15, 0.2) is 28.9 Å². The average molecular weight is 218 g/mol. The van der Waals surface area contributed by atoms with Crippen LogP contribution in [0.2, 0.25) is 0 Å². The van der Waals surface area contributed by atoms with Crippen molar-refractivity contribution in [1.82, 2.24) is 0 Å². The number of aliphatic carboxylic acids is 1. The third kappa shape index (κ3) is 1.48. The topological polar surface area (TPSA) is 50.4 Å². The van der Waals surface area contributed by atoms with E-state index in [0.717, 1.165) is 22.1 Å². The lowest BCUT2D eigenvalue weighted by molar-refractivity contribution is -0.142. The number of benzene rings is 1. The van der Waals surface area contributed by atoms with E-state index in [4.69, 9.17) is 4.42 Å². The normalized spacial score (nSPS) is 11.9. The average Bonchev–Trinajstić information content (AvgIpc) is 2.60. The highest BCUT2D eigenvalue weighted by Gasteiger charge is 2.32. The van der Waals surface area contributed by atoms with Crippen molar-refractivity contribution in [1.29, 1.82) is 0 Å². The van der Waals surface area contributed by atoms with Crippen LogP contribution in [0.4, 0.5) is 0 Å². The van der Waals surface area contributed by atoms with Crippen LogP contribution in [0.25, 0.3) is 11.0 Å². The summed E-state index contributed by atoms with van der Waals surface area (Å²) >= 11 is 0. The Morgan fingerprint density at radius 3 is 2.69 bits per heavy atom. The fourth-order valence-electron chi connectivity index (χ4n) is 1.73. The van der Waals surface area contributed by atoms with E-state index in [1.54, 1.807) is 13.8 Å². The molecule has 1 aromatic heterocycles. The number of carboxylic acid groups (broad SMARTS) is 1. The summed E-state index contributed by atoms with van der Waals surface area (Å²) in [5, 5.41) is 10.1. The van der Waals surface area contributed by atoms with E-state index < -0.39 is 11.4 Å². The van der Waals surface area contributed by atoms with Gasteiger partial charge in [-0.05, 0) is 32.4 Å². The number of carboxylic acids is 1. The Labute approximate surface area is 93.7 Å². The highest BCUT2D eigenvalue weighted by atomic mass is 16.4. The summed E-state index contributed by atoms with van der Waals surface area (Å²) < 4.78 is 5.40. The lowest BCUT2D eigenvalue weighted by atomic mass is 9.84. The Balaban J connectivity index is 2.67. The first-order valence-corrected chi connectivity index (χ1v) is 5.14. The van der Waals surface area contributed by atoms with Crippen LogP contribution in [0.5, 0.6) is 0 Å². The van der Waals surface area contributed by atoms with Gasteiger partial charge in [-0.25, -0.2) is 0 Å². The van der Waals surface area contributed by atoms with Gasteiger partial charge in [-0.15, -0.1) is 0 Å². The quantitative estimate of drug-likeness (QED) is 0.842. The summed E-state index contributed by atoms with van der Waals surface area (Å²) in [6, 6.07) is 5.78. The maximum absolute atomic E-state index is 11.2. The van der Waals surface area contributed by atoms with E-state index in [1.165, 1.54) is 6.26 Å². The molecule has 0 atom stereocenters. The molecule has 0 bridgehead atoms. The van der Waals surface area contributed by atoms with Crippen molar-refractivity contribution in [3.8, 4) is 0 Å². The molecule has 0 aliphatic carbocycles. The van der Waals surface area contributed by atoms with Crippen LogP contribution in [-0.2, 0) is 10.2 Å². The van der Waals surface area contributed by atoms with Gasteiger partial charge in [0.2, 0.25) is 0 Å². The monoisotopic (exact) mass is 218 g/mol. The molecule has 0 saturated carbocycles. The van der Waals surface area contributed by atoms with E-state index in [-0.39, 0.29) is 0 Å². The maximum Gasteiger partial charge on any atom is 0.313 e. The summed E-state index contributed by atoms with van der Waals surface area (Å²) in [6.07, 6.45) is 1.54. The molecule has 3 nitrogen and oxygen atoms in total. The minimum atomic E-state index is -0.930. The lowest BCUT2D eigenvalue weighted by Gasteiger charge is -2.17. The Kier molecular flexibility index (Phi) is 2.26. The third-order valence-corrected chi connectivity index (χ3v) is 2.94. The standard InChI is InChI=1S/C13H14O3/c1-8-4-5-9-10(7-16-11(9)6-8)13(2,3)12(14)15/h4-7H,1-3H3,(H,14,15). The Morgan fingerprint density at radius 1 is 1.38 bits per heavy atom. The fourth-order valence-corrected chi connectivity index (χ4v) is 1.73. The predicted octanol–water partition coefficient (Wildman–Crippen LogP) is 3.10. The molecule has 0 saturated heterocycles. The van der Waals surface area contributed by atoms with Crippen LogP contribution < -0.4 is 0 Å². The number of aryl methyl sites for hydroxylation is 1. The first-order valence-electron chi connectivity index (χ1n) is 5.14. The summed E-state index contributed by atoms with van der Waals surface area (Å²) in [5.74, 6) is -0.851.